The molecule has 1 aromatic heterocycles. The number of carbonyl (C=O) groups is 2. The van der Waals surface area contributed by atoms with Crippen LogP contribution in [0.3, 0.4) is 0 Å². The lowest BCUT2D eigenvalue weighted by atomic mass is 10.2. The number of hydrogen-bond donors (Lipinski definition) is 1. The van der Waals surface area contributed by atoms with Gasteiger partial charge in [0, 0.05) is 24.5 Å². The van der Waals surface area contributed by atoms with E-state index in [2.05, 4.69) is 15.3 Å². The number of carbonyl (C=O) groups excluding carboxylic acids is 2. The summed E-state index contributed by atoms with van der Waals surface area (Å²) in [7, 11) is 1.36. The maximum atomic E-state index is 12.4. The third-order valence-electron chi connectivity index (χ3n) is 4.01. The highest BCUT2D eigenvalue weighted by atomic mass is 16.6. The van der Waals surface area contributed by atoms with Gasteiger partial charge < -0.3 is 14.8 Å². The molecule has 10 nitrogen and oxygen atoms in total. The van der Waals surface area contributed by atoms with E-state index in [0.29, 0.717) is 11.0 Å². The van der Waals surface area contributed by atoms with Crippen LogP contribution < -0.4 is 10.1 Å². The molecule has 0 aliphatic rings. The molecule has 0 saturated heterocycles. The van der Waals surface area contributed by atoms with Gasteiger partial charge >= 0.3 is 5.97 Å². The molecule has 0 fully saturated rings. The van der Waals surface area contributed by atoms with E-state index in [1.54, 1.807) is 6.07 Å². The number of nitro benzene ring substituents is 1. The number of rotatable bonds is 6. The van der Waals surface area contributed by atoms with E-state index < -0.39 is 22.9 Å². The Kier molecular flexibility index (Phi) is 5.63. The quantitative estimate of drug-likeness (QED) is 0.382. The molecule has 0 radical (unpaired) electrons. The van der Waals surface area contributed by atoms with Gasteiger partial charge in [-0.3, -0.25) is 24.9 Å². The van der Waals surface area contributed by atoms with E-state index in [-0.39, 0.29) is 22.7 Å². The molecule has 0 aliphatic heterocycles. The van der Waals surface area contributed by atoms with Crippen LogP contribution in [-0.4, -0.2) is 40.0 Å². The Labute approximate surface area is 164 Å². The summed E-state index contributed by atoms with van der Waals surface area (Å²) >= 11 is 0. The third kappa shape index (κ3) is 4.43. The summed E-state index contributed by atoms with van der Waals surface area (Å²) in [6.07, 6.45) is 1.87. The lowest BCUT2D eigenvalue weighted by Crippen LogP contribution is -2.30. The predicted molar refractivity (Wildman–Crippen MR) is 103 cm³/mol. The van der Waals surface area contributed by atoms with Crippen molar-refractivity contribution < 1.29 is 24.0 Å². The van der Waals surface area contributed by atoms with Crippen LogP contribution in [0, 0.1) is 10.1 Å². The molecule has 3 rings (SSSR count). The second-order valence-electron chi connectivity index (χ2n) is 5.94. The Morgan fingerprint density at radius 2 is 1.83 bits per heavy atom. The van der Waals surface area contributed by atoms with Gasteiger partial charge in [0.25, 0.3) is 11.6 Å². The molecule has 148 valence electrons. The van der Waals surface area contributed by atoms with Crippen molar-refractivity contribution in [1.82, 2.24) is 9.97 Å². The molecule has 1 N–H and O–H groups in total. The topological polar surface area (TPSA) is 134 Å². The number of nitro groups is 1. The van der Waals surface area contributed by atoms with Crippen molar-refractivity contribution in [1.29, 1.82) is 0 Å². The number of fused-ring (bicyclic) bond motifs is 1. The van der Waals surface area contributed by atoms with Crippen LogP contribution in [0.5, 0.6) is 5.75 Å². The average Bonchev–Trinajstić information content (AvgIpc) is 2.73. The van der Waals surface area contributed by atoms with Crippen molar-refractivity contribution in [2.24, 2.45) is 0 Å². The number of nitrogens with one attached hydrogen (secondary N) is 1. The van der Waals surface area contributed by atoms with Gasteiger partial charge in [-0.1, -0.05) is 0 Å². The Bertz CT molecular complexity index is 1100. The average molecular weight is 396 g/mol. The summed E-state index contributed by atoms with van der Waals surface area (Å²) in [5, 5.41) is 13.4. The lowest BCUT2D eigenvalue weighted by molar-refractivity contribution is -0.384. The highest BCUT2D eigenvalue weighted by molar-refractivity contribution is 5.99. The first kappa shape index (κ1) is 19.7. The van der Waals surface area contributed by atoms with E-state index in [9.17, 15) is 19.7 Å². The molecule has 0 aliphatic carbocycles. The minimum Gasteiger partial charge on any atom is -0.495 e. The summed E-state index contributed by atoms with van der Waals surface area (Å²) in [5.41, 5.74) is 1.22. The minimum atomic E-state index is -1.16. The smallest absolute Gasteiger partial charge is 0.338 e. The number of esters is 1. The number of benzene rings is 2. The van der Waals surface area contributed by atoms with Crippen molar-refractivity contribution in [2.45, 2.75) is 13.0 Å². The molecule has 0 unspecified atom stereocenters. The summed E-state index contributed by atoms with van der Waals surface area (Å²) in [6, 6.07) is 8.43. The number of methoxy groups -OCH3 is 1. The monoisotopic (exact) mass is 396 g/mol. The number of aromatic nitrogens is 2. The molecule has 29 heavy (non-hydrogen) atoms. The highest BCUT2D eigenvalue weighted by Crippen LogP contribution is 2.29. The van der Waals surface area contributed by atoms with Crippen molar-refractivity contribution in [3.8, 4) is 5.75 Å². The summed E-state index contributed by atoms with van der Waals surface area (Å²) in [5.74, 6) is -1.15. The maximum absolute atomic E-state index is 12.4. The maximum Gasteiger partial charge on any atom is 0.338 e. The number of anilines is 1. The van der Waals surface area contributed by atoms with Crippen molar-refractivity contribution in [3.05, 3.63) is 64.5 Å². The molecular weight excluding hydrogens is 380 g/mol. The molecule has 1 atom stereocenters. The number of hydrogen-bond acceptors (Lipinski definition) is 8. The summed E-state index contributed by atoms with van der Waals surface area (Å²) in [4.78, 5) is 43.3. The number of non-ortho nitro benzene ring substituents is 1. The molecule has 10 heteroatoms. The van der Waals surface area contributed by atoms with Gasteiger partial charge in [0.1, 0.15) is 5.75 Å². The fraction of sp³-hybridized carbons (Fsp3) is 0.158. The van der Waals surface area contributed by atoms with Crippen LogP contribution in [-0.2, 0) is 9.53 Å². The van der Waals surface area contributed by atoms with Crippen LogP contribution in [0.25, 0.3) is 11.0 Å². The van der Waals surface area contributed by atoms with Gasteiger partial charge in [0.05, 0.1) is 34.3 Å². The van der Waals surface area contributed by atoms with E-state index in [0.717, 1.165) is 6.07 Å². The summed E-state index contributed by atoms with van der Waals surface area (Å²) < 4.78 is 10.3. The van der Waals surface area contributed by atoms with Gasteiger partial charge in [0.2, 0.25) is 0 Å². The summed E-state index contributed by atoms with van der Waals surface area (Å²) in [6.45, 7) is 1.39. The zero-order chi connectivity index (χ0) is 21.0. The SMILES string of the molecule is COc1ccc([N+](=O)[O-])cc1NC(=O)[C@@H](C)OC(=O)c1ccc2nccnc2c1. The standard InChI is InChI=1S/C19H16N4O6/c1-11(18(24)22-16-10-13(23(26)27)4-6-17(16)28-2)29-19(25)12-3-5-14-15(9-12)21-8-7-20-14/h3-11H,1-2H3,(H,22,24)/t11-/m1/s1. The number of ether oxygens (including phenoxy) is 2. The Morgan fingerprint density at radius 1 is 1.10 bits per heavy atom. The van der Waals surface area contributed by atoms with Crippen LogP contribution >= 0.6 is 0 Å². The minimum absolute atomic E-state index is 0.0931. The molecule has 2 aromatic carbocycles. The Balaban J connectivity index is 1.72. The second kappa shape index (κ2) is 8.30. The van der Waals surface area contributed by atoms with E-state index >= 15 is 0 Å². The van der Waals surface area contributed by atoms with Gasteiger partial charge in [-0.2, -0.15) is 0 Å². The Morgan fingerprint density at radius 3 is 2.52 bits per heavy atom. The largest absolute Gasteiger partial charge is 0.495 e. The first-order valence-electron chi connectivity index (χ1n) is 8.44. The fourth-order valence-corrected chi connectivity index (χ4v) is 2.51. The number of nitrogens with zero attached hydrogens (tertiary/aromatic N) is 3. The molecule has 1 heterocycles. The van der Waals surface area contributed by atoms with Crippen molar-refractivity contribution in [2.75, 3.05) is 12.4 Å². The molecule has 0 bridgehead atoms. The normalized spacial score (nSPS) is 11.5. The first-order chi connectivity index (χ1) is 13.9. The zero-order valence-corrected chi connectivity index (χ0v) is 15.5. The lowest BCUT2D eigenvalue weighted by Gasteiger charge is -2.15. The van der Waals surface area contributed by atoms with Gasteiger partial charge in [-0.15, -0.1) is 0 Å². The van der Waals surface area contributed by atoms with Crippen LogP contribution in [0.2, 0.25) is 0 Å². The van der Waals surface area contributed by atoms with Crippen molar-refractivity contribution in [3.63, 3.8) is 0 Å². The van der Waals surface area contributed by atoms with Gasteiger partial charge in [0.15, 0.2) is 6.10 Å². The van der Waals surface area contributed by atoms with Crippen LogP contribution in [0.1, 0.15) is 17.3 Å². The highest BCUT2D eigenvalue weighted by Gasteiger charge is 2.22. The molecule has 0 spiro atoms. The fourth-order valence-electron chi connectivity index (χ4n) is 2.51. The third-order valence-corrected chi connectivity index (χ3v) is 4.01. The van der Waals surface area contributed by atoms with Gasteiger partial charge in [-0.05, 0) is 31.2 Å². The van der Waals surface area contributed by atoms with Gasteiger partial charge in [-0.25, -0.2) is 4.79 Å². The second-order valence-corrected chi connectivity index (χ2v) is 5.94. The van der Waals surface area contributed by atoms with E-state index in [1.807, 2.05) is 0 Å². The Hall–Kier alpha value is -4.08. The molecular formula is C19H16N4O6. The number of amides is 1. The predicted octanol–water partition coefficient (Wildman–Crippen LogP) is 2.73. The molecule has 1 amide bonds. The zero-order valence-electron chi connectivity index (χ0n) is 15.5. The van der Waals surface area contributed by atoms with Crippen LogP contribution in [0.4, 0.5) is 11.4 Å². The van der Waals surface area contributed by atoms with Crippen LogP contribution in [0.15, 0.2) is 48.8 Å². The van der Waals surface area contributed by atoms with Crippen molar-refractivity contribution >= 4 is 34.3 Å². The van der Waals surface area contributed by atoms with E-state index in [1.165, 1.54) is 50.7 Å². The first-order valence-corrected chi connectivity index (χ1v) is 8.44. The van der Waals surface area contributed by atoms with E-state index in [4.69, 9.17) is 9.47 Å². The molecule has 3 aromatic rings. The molecule has 0 saturated carbocycles.